The van der Waals surface area contributed by atoms with Crippen LogP contribution in [-0.2, 0) is 11.4 Å². The molecule has 13 heteroatoms. The van der Waals surface area contributed by atoms with Gasteiger partial charge in [-0.2, -0.15) is 13.2 Å². The van der Waals surface area contributed by atoms with Gasteiger partial charge in [-0.3, -0.25) is 9.38 Å². The third kappa shape index (κ3) is 6.18. The average molecular weight is 523 g/mol. The van der Waals surface area contributed by atoms with Crippen LogP contribution < -0.4 is 4.74 Å². The largest absolute Gasteiger partial charge is 0.490 e. The number of aryl methyl sites for hydroxylation is 2. The number of carbonyl (C=O) groups is 2. The number of alkyl halides is 3. The van der Waals surface area contributed by atoms with Crippen molar-refractivity contribution in [3.8, 4) is 17.0 Å². The van der Waals surface area contributed by atoms with Crippen LogP contribution >= 0.6 is 0 Å². The predicted molar refractivity (Wildman–Crippen MR) is 119 cm³/mol. The van der Waals surface area contributed by atoms with E-state index in [9.17, 15) is 31.9 Å². The van der Waals surface area contributed by atoms with Gasteiger partial charge in [0.1, 0.15) is 18.2 Å². The van der Waals surface area contributed by atoms with Crippen molar-refractivity contribution in [1.82, 2.24) is 14.4 Å². The molecule has 3 heterocycles. The minimum Gasteiger partial charge on any atom is -0.485 e. The zero-order valence-electron chi connectivity index (χ0n) is 19.2. The van der Waals surface area contributed by atoms with Crippen LogP contribution in [0.15, 0.2) is 48.9 Å². The van der Waals surface area contributed by atoms with Gasteiger partial charge in [0.25, 0.3) is 0 Å². The molecular formula is C24H18F5N3O5. The number of halogens is 5. The number of aromatic nitrogens is 3. The number of hydrogen-bond acceptors (Lipinski definition) is 5. The summed E-state index contributed by atoms with van der Waals surface area (Å²) < 4.78 is 67.1. The van der Waals surface area contributed by atoms with Gasteiger partial charge in [0, 0.05) is 24.2 Å². The minimum atomic E-state index is -5.08. The third-order valence-corrected chi connectivity index (χ3v) is 4.93. The van der Waals surface area contributed by atoms with Crippen molar-refractivity contribution in [2.75, 3.05) is 0 Å². The number of aromatic carboxylic acids is 1. The summed E-state index contributed by atoms with van der Waals surface area (Å²) in [6.45, 7) is 3.33. The van der Waals surface area contributed by atoms with E-state index in [1.54, 1.807) is 23.6 Å². The summed E-state index contributed by atoms with van der Waals surface area (Å²) in [5.74, 6) is -4.85. The highest BCUT2D eigenvalue weighted by Crippen LogP contribution is 2.31. The summed E-state index contributed by atoms with van der Waals surface area (Å²) in [6.07, 6.45) is -0.428. The summed E-state index contributed by atoms with van der Waals surface area (Å²) in [4.78, 5) is 28.8. The molecule has 0 saturated heterocycles. The zero-order valence-corrected chi connectivity index (χ0v) is 19.2. The number of hydrogen-bond donors (Lipinski definition) is 2. The number of pyridine rings is 2. The predicted octanol–water partition coefficient (Wildman–Crippen LogP) is 5.20. The van der Waals surface area contributed by atoms with Gasteiger partial charge >= 0.3 is 18.1 Å². The number of carboxylic acid groups (broad SMARTS) is 2. The molecule has 0 unspecified atom stereocenters. The van der Waals surface area contributed by atoms with Crippen LogP contribution in [0.2, 0.25) is 0 Å². The fourth-order valence-electron chi connectivity index (χ4n) is 3.32. The van der Waals surface area contributed by atoms with E-state index in [2.05, 4.69) is 9.97 Å². The van der Waals surface area contributed by atoms with Crippen molar-refractivity contribution in [2.45, 2.75) is 26.6 Å². The molecule has 0 aliphatic rings. The summed E-state index contributed by atoms with van der Waals surface area (Å²) in [5.41, 5.74) is 3.03. The van der Waals surface area contributed by atoms with Crippen LogP contribution in [0, 0.1) is 25.5 Å². The van der Waals surface area contributed by atoms with E-state index in [1.165, 1.54) is 30.5 Å². The SMILES string of the molecule is Cc1cc(OCc2c(F)cccc2F)c2nc(C)c(-c3cncc(C(=O)O)c3)n2c1.O=C(O)C(F)(F)F. The Morgan fingerprint density at radius 1 is 1.05 bits per heavy atom. The molecule has 0 amide bonds. The lowest BCUT2D eigenvalue weighted by molar-refractivity contribution is -0.192. The highest BCUT2D eigenvalue weighted by atomic mass is 19.4. The summed E-state index contributed by atoms with van der Waals surface area (Å²) in [5, 5.41) is 16.4. The molecular weight excluding hydrogens is 505 g/mol. The number of fused-ring (bicyclic) bond motifs is 1. The lowest BCUT2D eigenvalue weighted by atomic mass is 10.1. The molecule has 0 atom stereocenters. The van der Waals surface area contributed by atoms with Crippen LogP contribution in [0.1, 0.15) is 27.2 Å². The van der Waals surface area contributed by atoms with Gasteiger partial charge in [0.05, 0.1) is 22.5 Å². The van der Waals surface area contributed by atoms with Gasteiger partial charge in [-0.25, -0.2) is 23.4 Å². The first-order chi connectivity index (χ1) is 17.3. The smallest absolute Gasteiger partial charge is 0.485 e. The van der Waals surface area contributed by atoms with E-state index in [0.29, 0.717) is 28.3 Å². The first kappa shape index (κ1) is 27.0. The number of carboxylic acids is 2. The van der Waals surface area contributed by atoms with Crippen molar-refractivity contribution in [3.63, 3.8) is 0 Å². The molecule has 8 nitrogen and oxygen atoms in total. The fourth-order valence-corrected chi connectivity index (χ4v) is 3.32. The van der Waals surface area contributed by atoms with E-state index >= 15 is 0 Å². The molecule has 0 fully saturated rings. The van der Waals surface area contributed by atoms with Gasteiger partial charge < -0.3 is 14.9 Å². The maximum Gasteiger partial charge on any atom is 0.490 e. The first-order valence-corrected chi connectivity index (χ1v) is 10.3. The molecule has 0 saturated carbocycles. The van der Waals surface area contributed by atoms with Crippen molar-refractivity contribution >= 4 is 17.6 Å². The molecule has 0 radical (unpaired) electrons. The Morgan fingerprint density at radius 3 is 2.24 bits per heavy atom. The molecule has 2 N–H and O–H groups in total. The Balaban J connectivity index is 0.000000479. The monoisotopic (exact) mass is 523 g/mol. The molecule has 4 rings (SSSR count). The third-order valence-electron chi connectivity index (χ3n) is 4.93. The first-order valence-electron chi connectivity index (χ1n) is 10.3. The van der Waals surface area contributed by atoms with E-state index < -0.39 is 29.7 Å². The summed E-state index contributed by atoms with van der Waals surface area (Å²) >= 11 is 0. The van der Waals surface area contributed by atoms with E-state index in [1.807, 2.05) is 13.1 Å². The lowest BCUT2D eigenvalue weighted by Crippen LogP contribution is -2.21. The number of imidazole rings is 1. The Hall–Kier alpha value is -4.55. The number of ether oxygens (including phenoxy) is 1. The van der Waals surface area contributed by atoms with Crippen LogP contribution in [0.25, 0.3) is 16.9 Å². The Kier molecular flexibility index (Phi) is 7.75. The van der Waals surface area contributed by atoms with E-state index in [4.69, 9.17) is 14.6 Å². The maximum atomic E-state index is 13.9. The van der Waals surface area contributed by atoms with E-state index in [-0.39, 0.29) is 17.7 Å². The summed E-state index contributed by atoms with van der Waals surface area (Å²) in [6, 6.07) is 6.89. The van der Waals surface area contributed by atoms with Crippen LogP contribution in [-0.4, -0.2) is 42.7 Å². The molecule has 194 valence electrons. The molecule has 1 aromatic carbocycles. The highest BCUT2D eigenvalue weighted by Gasteiger charge is 2.38. The van der Waals surface area contributed by atoms with Crippen LogP contribution in [0.4, 0.5) is 22.0 Å². The van der Waals surface area contributed by atoms with Gasteiger partial charge in [0.15, 0.2) is 11.4 Å². The minimum absolute atomic E-state index is 0.0565. The van der Waals surface area contributed by atoms with Gasteiger partial charge in [-0.05, 0) is 43.7 Å². The quantitative estimate of drug-likeness (QED) is 0.346. The van der Waals surface area contributed by atoms with Crippen LogP contribution in [0.5, 0.6) is 5.75 Å². The normalized spacial score (nSPS) is 11.1. The molecule has 0 spiro atoms. The number of nitrogens with zero attached hydrogens (tertiary/aromatic N) is 3. The molecule has 0 aliphatic carbocycles. The van der Waals surface area contributed by atoms with Crippen molar-refractivity contribution in [3.05, 3.63) is 82.9 Å². The fraction of sp³-hybridized carbons (Fsp3) is 0.167. The second-order valence-corrected chi connectivity index (χ2v) is 7.68. The second-order valence-electron chi connectivity index (χ2n) is 7.68. The van der Waals surface area contributed by atoms with Gasteiger partial charge in [0.2, 0.25) is 0 Å². The van der Waals surface area contributed by atoms with Gasteiger partial charge in [-0.15, -0.1) is 0 Å². The van der Waals surface area contributed by atoms with Crippen molar-refractivity contribution in [2.24, 2.45) is 0 Å². The second kappa shape index (κ2) is 10.6. The average Bonchev–Trinajstić information content (AvgIpc) is 3.14. The lowest BCUT2D eigenvalue weighted by Gasteiger charge is -2.11. The Bertz CT molecular complexity index is 1460. The van der Waals surface area contributed by atoms with Crippen LogP contribution in [0.3, 0.4) is 0 Å². The number of rotatable bonds is 5. The van der Waals surface area contributed by atoms with E-state index in [0.717, 1.165) is 5.56 Å². The standard InChI is InChI=1S/C22H17F2N3O3.C2HF3O2/c1-12-6-19(30-11-16-17(23)4-3-5-18(16)24)21-26-13(2)20(27(21)10-12)14-7-15(22(28)29)9-25-8-14;3-2(4,5)1(6)7/h3-10H,11H2,1-2H3,(H,28,29);(H,6,7). The molecule has 0 aliphatic heterocycles. The zero-order chi connectivity index (χ0) is 27.5. The Labute approximate surface area is 205 Å². The molecule has 3 aromatic heterocycles. The topological polar surface area (TPSA) is 114 Å². The maximum absolute atomic E-state index is 13.9. The molecule has 0 bridgehead atoms. The van der Waals surface area contributed by atoms with Crippen molar-refractivity contribution in [1.29, 1.82) is 0 Å². The Morgan fingerprint density at radius 2 is 1.68 bits per heavy atom. The highest BCUT2D eigenvalue weighted by molar-refractivity contribution is 5.89. The van der Waals surface area contributed by atoms with Gasteiger partial charge in [-0.1, -0.05) is 6.07 Å². The number of aliphatic carboxylic acids is 1. The summed E-state index contributed by atoms with van der Waals surface area (Å²) in [7, 11) is 0. The molecule has 37 heavy (non-hydrogen) atoms. The molecule has 4 aromatic rings. The van der Waals surface area contributed by atoms with Crippen molar-refractivity contribution < 1.29 is 46.5 Å². The number of benzene rings is 1.